The van der Waals surface area contributed by atoms with Crippen LogP contribution in [-0.4, -0.2) is 38.2 Å². The predicted octanol–water partition coefficient (Wildman–Crippen LogP) is 4.58. The largest absolute Gasteiger partial charge is 0.465 e. The quantitative estimate of drug-likeness (QED) is 0.369. The molecule has 9 heteroatoms. The van der Waals surface area contributed by atoms with Gasteiger partial charge in [0.05, 0.1) is 12.7 Å². The highest BCUT2D eigenvalue weighted by Gasteiger charge is 2.24. The van der Waals surface area contributed by atoms with Crippen LogP contribution in [0.3, 0.4) is 0 Å². The molecule has 0 aliphatic heterocycles. The smallest absolute Gasteiger partial charge is 0.337 e. The molecule has 33 heavy (non-hydrogen) atoms. The molecule has 0 radical (unpaired) electrons. The zero-order valence-electron chi connectivity index (χ0n) is 17.3. The van der Waals surface area contributed by atoms with Crippen LogP contribution in [-0.2, 0) is 4.74 Å². The van der Waals surface area contributed by atoms with E-state index in [1.54, 1.807) is 42.5 Å². The first-order valence-corrected chi connectivity index (χ1v) is 9.94. The Morgan fingerprint density at radius 1 is 0.970 bits per heavy atom. The predicted molar refractivity (Wildman–Crippen MR) is 117 cm³/mol. The van der Waals surface area contributed by atoms with E-state index in [0.717, 1.165) is 5.56 Å². The fourth-order valence-corrected chi connectivity index (χ4v) is 3.41. The van der Waals surface area contributed by atoms with Gasteiger partial charge in [0.2, 0.25) is 5.82 Å². The van der Waals surface area contributed by atoms with E-state index in [-0.39, 0.29) is 17.4 Å². The van der Waals surface area contributed by atoms with Gasteiger partial charge < -0.3 is 9.26 Å². The topological polar surface area (TPSA) is 95.9 Å². The molecule has 3 aromatic carbocycles. The van der Waals surface area contributed by atoms with Crippen LogP contribution < -0.4 is 0 Å². The number of halogens is 1. The summed E-state index contributed by atoms with van der Waals surface area (Å²) in [5.41, 5.74) is 2.70. The third kappa shape index (κ3) is 3.76. The lowest BCUT2D eigenvalue weighted by atomic mass is 10.1. The van der Waals surface area contributed by atoms with Crippen molar-refractivity contribution in [1.82, 2.24) is 25.1 Å². The summed E-state index contributed by atoms with van der Waals surface area (Å²) in [6.45, 7) is 0. The third-order valence-electron chi connectivity index (χ3n) is 4.97. The molecular formula is C24H16FN5O3. The van der Waals surface area contributed by atoms with Crippen molar-refractivity contribution in [2.45, 2.75) is 0 Å². The number of aromatic nitrogens is 5. The molecule has 5 aromatic rings. The molecular weight excluding hydrogens is 425 g/mol. The number of benzene rings is 3. The Kier molecular flexibility index (Phi) is 5.19. The number of hydrogen-bond donors (Lipinski definition) is 0. The lowest BCUT2D eigenvalue weighted by Crippen LogP contribution is -2.02. The van der Waals surface area contributed by atoms with Crippen LogP contribution in [0, 0.1) is 5.82 Å². The van der Waals surface area contributed by atoms with E-state index < -0.39 is 11.8 Å². The SMILES string of the molecule is COC(=O)c1cccc(-c2noc(-c3nnn(-c4ccccc4F)c3-c3ccccc3)n2)c1. The van der Waals surface area contributed by atoms with Crippen molar-refractivity contribution in [3.05, 3.63) is 90.2 Å². The first-order valence-electron chi connectivity index (χ1n) is 9.94. The van der Waals surface area contributed by atoms with E-state index in [1.807, 2.05) is 30.3 Å². The van der Waals surface area contributed by atoms with Crippen LogP contribution in [0.2, 0.25) is 0 Å². The van der Waals surface area contributed by atoms with Crippen LogP contribution in [0.15, 0.2) is 83.4 Å². The Hall–Kier alpha value is -4.66. The van der Waals surface area contributed by atoms with Gasteiger partial charge in [-0.1, -0.05) is 65.0 Å². The summed E-state index contributed by atoms with van der Waals surface area (Å²) in [6, 6.07) is 22.3. The Morgan fingerprint density at radius 2 is 1.73 bits per heavy atom. The van der Waals surface area contributed by atoms with Crippen molar-refractivity contribution >= 4 is 5.97 Å². The minimum atomic E-state index is -0.472. The molecule has 2 aromatic heterocycles. The lowest BCUT2D eigenvalue weighted by molar-refractivity contribution is 0.0601. The molecule has 0 saturated carbocycles. The summed E-state index contributed by atoms with van der Waals surface area (Å²) in [4.78, 5) is 16.3. The second-order valence-corrected chi connectivity index (χ2v) is 7.01. The molecule has 2 heterocycles. The molecule has 0 spiro atoms. The minimum absolute atomic E-state index is 0.106. The van der Waals surface area contributed by atoms with Gasteiger partial charge in [-0.2, -0.15) is 4.98 Å². The maximum Gasteiger partial charge on any atom is 0.337 e. The molecule has 0 N–H and O–H groups in total. The van der Waals surface area contributed by atoms with Gasteiger partial charge in [-0.3, -0.25) is 0 Å². The molecule has 5 rings (SSSR count). The number of rotatable bonds is 5. The monoisotopic (exact) mass is 441 g/mol. The van der Waals surface area contributed by atoms with Gasteiger partial charge in [0.1, 0.15) is 17.2 Å². The van der Waals surface area contributed by atoms with Crippen LogP contribution in [0.5, 0.6) is 0 Å². The summed E-state index contributed by atoms with van der Waals surface area (Å²) in [7, 11) is 1.31. The van der Waals surface area contributed by atoms with Crippen molar-refractivity contribution in [3.63, 3.8) is 0 Å². The first-order chi connectivity index (χ1) is 16.2. The fraction of sp³-hybridized carbons (Fsp3) is 0.0417. The van der Waals surface area contributed by atoms with Crippen LogP contribution >= 0.6 is 0 Å². The van der Waals surface area contributed by atoms with Crippen LogP contribution in [0.1, 0.15) is 10.4 Å². The Balaban J connectivity index is 1.63. The van der Waals surface area contributed by atoms with Crippen LogP contribution in [0.25, 0.3) is 39.9 Å². The highest BCUT2D eigenvalue weighted by atomic mass is 19.1. The van der Waals surface area contributed by atoms with Crippen molar-refractivity contribution < 1.29 is 18.4 Å². The number of carbonyl (C=O) groups is 1. The number of hydrogen-bond acceptors (Lipinski definition) is 7. The normalized spacial score (nSPS) is 10.8. The molecule has 8 nitrogen and oxygen atoms in total. The number of nitrogens with zero attached hydrogens (tertiary/aromatic N) is 5. The third-order valence-corrected chi connectivity index (χ3v) is 4.97. The highest BCUT2D eigenvalue weighted by Crippen LogP contribution is 2.33. The average molecular weight is 441 g/mol. The van der Waals surface area contributed by atoms with Crippen molar-refractivity contribution in [3.8, 4) is 39.9 Å². The van der Waals surface area contributed by atoms with Gasteiger partial charge in [-0.15, -0.1) is 5.10 Å². The van der Waals surface area contributed by atoms with Gasteiger partial charge in [0.15, 0.2) is 5.69 Å². The van der Waals surface area contributed by atoms with E-state index >= 15 is 0 Å². The van der Waals surface area contributed by atoms with E-state index in [4.69, 9.17) is 9.26 Å². The van der Waals surface area contributed by atoms with E-state index in [2.05, 4.69) is 20.5 Å². The number of para-hydroxylation sites is 1. The molecule has 0 unspecified atom stereocenters. The maximum absolute atomic E-state index is 14.6. The van der Waals surface area contributed by atoms with Crippen molar-refractivity contribution in [2.75, 3.05) is 7.11 Å². The molecule has 162 valence electrons. The van der Waals surface area contributed by atoms with Gasteiger partial charge >= 0.3 is 5.97 Å². The number of carbonyl (C=O) groups excluding carboxylic acids is 1. The fourth-order valence-electron chi connectivity index (χ4n) is 3.41. The van der Waals surface area contributed by atoms with E-state index in [0.29, 0.717) is 22.5 Å². The maximum atomic E-state index is 14.6. The lowest BCUT2D eigenvalue weighted by Gasteiger charge is -2.08. The Morgan fingerprint density at radius 3 is 2.52 bits per heavy atom. The molecule has 0 fully saturated rings. The average Bonchev–Trinajstić information content (AvgIpc) is 3.52. The van der Waals surface area contributed by atoms with E-state index in [1.165, 1.54) is 17.9 Å². The minimum Gasteiger partial charge on any atom is -0.465 e. The Bertz CT molecular complexity index is 1450. The highest BCUT2D eigenvalue weighted by molar-refractivity contribution is 5.90. The second-order valence-electron chi connectivity index (χ2n) is 7.01. The van der Waals surface area contributed by atoms with Crippen molar-refractivity contribution in [2.24, 2.45) is 0 Å². The molecule has 0 aliphatic rings. The molecule has 0 aliphatic carbocycles. The Labute approximate surface area is 187 Å². The second kappa shape index (κ2) is 8.46. The van der Waals surface area contributed by atoms with Gasteiger partial charge in [0.25, 0.3) is 5.89 Å². The molecule has 0 atom stereocenters. The molecule has 0 saturated heterocycles. The van der Waals surface area contributed by atoms with Gasteiger partial charge in [0, 0.05) is 11.1 Å². The van der Waals surface area contributed by atoms with Crippen LogP contribution in [0.4, 0.5) is 4.39 Å². The number of esters is 1. The van der Waals surface area contributed by atoms with Gasteiger partial charge in [-0.25, -0.2) is 13.9 Å². The molecule has 0 bridgehead atoms. The molecule has 0 amide bonds. The van der Waals surface area contributed by atoms with E-state index in [9.17, 15) is 9.18 Å². The standard InChI is InChI=1S/C24H16FN5O3/c1-32-24(31)17-11-7-10-16(14-17)22-26-23(33-28-22)20-21(15-8-3-2-4-9-15)30(29-27-20)19-13-6-5-12-18(19)25/h2-14H,1H3. The first kappa shape index (κ1) is 20.3. The summed E-state index contributed by atoms with van der Waals surface area (Å²) in [6.07, 6.45) is 0. The summed E-state index contributed by atoms with van der Waals surface area (Å²) in [5.74, 6) is -0.554. The van der Waals surface area contributed by atoms with Gasteiger partial charge in [-0.05, 0) is 24.3 Å². The number of methoxy groups -OCH3 is 1. The zero-order chi connectivity index (χ0) is 22.8. The summed E-state index contributed by atoms with van der Waals surface area (Å²) >= 11 is 0. The zero-order valence-corrected chi connectivity index (χ0v) is 17.3. The summed E-state index contributed by atoms with van der Waals surface area (Å²) in [5, 5.41) is 12.4. The number of ether oxygens (including phenoxy) is 1. The summed E-state index contributed by atoms with van der Waals surface area (Å²) < 4.78 is 26.2. The van der Waals surface area contributed by atoms with Crippen molar-refractivity contribution in [1.29, 1.82) is 0 Å².